The fourth-order valence-corrected chi connectivity index (χ4v) is 1.49. The Labute approximate surface area is 107 Å². The summed E-state index contributed by atoms with van der Waals surface area (Å²) in [4.78, 5) is 11.7. The van der Waals surface area contributed by atoms with Crippen molar-refractivity contribution in [3.05, 3.63) is 29.6 Å². The highest BCUT2D eigenvalue weighted by Crippen LogP contribution is 2.18. The van der Waals surface area contributed by atoms with Crippen molar-refractivity contribution in [1.82, 2.24) is 5.32 Å². The Bertz CT molecular complexity index is 405. The van der Waals surface area contributed by atoms with Gasteiger partial charge in [-0.2, -0.15) is 0 Å². The summed E-state index contributed by atoms with van der Waals surface area (Å²) in [6, 6.07) is 4.25. The summed E-state index contributed by atoms with van der Waals surface area (Å²) >= 11 is 0. The largest absolute Gasteiger partial charge is 0.491 e. The number of ether oxygens (including phenoxy) is 1. The molecule has 0 aromatic heterocycles. The summed E-state index contributed by atoms with van der Waals surface area (Å²) in [5, 5.41) is 2.76. The van der Waals surface area contributed by atoms with Gasteiger partial charge in [0.05, 0.1) is 6.61 Å². The molecule has 0 saturated carbocycles. The minimum Gasteiger partial charge on any atom is -0.491 e. The molecule has 0 saturated heterocycles. The van der Waals surface area contributed by atoms with Crippen molar-refractivity contribution in [3.63, 3.8) is 0 Å². The molecule has 0 spiro atoms. The van der Waals surface area contributed by atoms with Crippen LogP contribution >= 0.6 is 0 Å². The molecule has 1 aromatic carbocycles. The molecule has 0 aliphatic carbocycles. The topological polar surface area (TPSA) is 38.3 Å². The number of hydrogen-bond acceptors (Lipinski definition) is 2. The third kappa shape index (κ3) is 4.35. The molecular formula is C14H20FNO2. The molecule has 1 aromatic rings. The number of halogens is 1. The molecule has 0 unspecified atom stereocenters. The molecule has 0 atom stereocenters. The third-order valence-electron chi connectivity index (χ3n) is 2.50. The second kappa shape index (κ2) is 6.99. The van der Waals surface area contributed by atoms with Crippen LogP contribution in [0.4, 0.5) is 4.39 Å². The zero-order valence-corrected chi connectivity index (χ0v) is 11.1. The van der Waals surface area contributed by atoms with Crippen LogP contribution < -0.4 is 10.1 Å². The fourth-order valence-electron chi connectivity index (χ4n) is 1.49. The molecule has 0 heterocycles. The van der Waals surface area contributed by atoms with Crippen LogP contribution in [0.1, 0.15) is 37.6 Å². The molecule has 1 rings (SSSR count). The Hall–Kier alpha value is -1.58. The van der Waals surface area contributed by atoms with Crippen LogP contribution in [0.2, 0.25) is 0 Å². The third-order valence-corrected chi connectivity index (χ3v) is 2.50. The lowest BCUT2D eigenvalue weighted by molar-refractivity contribution is 0.0951. The summed E-state index contributed by atoms with van der Waals surface area (Å²) in [5.41, 5.74) is 0.319. The monoisotopic (exact) mass is 253 g/mol. The summed E-state index contributed by atoms with van der Waals surface area (Å²) in [6.07, 6.45) is 0.908. The first-order valence-electron chi connectivity index (χ1n) is 6.25. The lowest BCUT2D eigenvalue weighted by Gasteiger charge is -2.09. The van der Waals surface area contributed by atoms with E-state index in [4.69, 9.17) is 4.74 Å². The second-order valence-electron chi connectivity index (χ2n) is 4.52. The number of amides is 1. The van der Waals surface area contributed by atoms with Gasteiger partial charge in [0.25, 0.3) is 5.91 Å². The standard InChI is InChI=1S/C14H20FNO2/c1-4-18-13-6-5-11(9-12(13)15)14(17)16-8-7-10(2)3/h5-6,9-10H,4,7-8H2,1-3H3,(H,16,17). The van der Waals surface area contributed by atoms with Crippen molar-refractivity contribution in [2.75, 3.05) is 13.2 Å². The van der Waals surface area contributed by atoms with E-state index in [9.17, 15) is 9.18 Å². The number of benzene rings is 1. The first-order chi connectivity index (χ1) is 8.54. The first kappa shape index (κ1) is 14.5. The SMILES string of the molecule is CCOc1ccc(C(=O)NCCC(C)C)cc1F. The van der Waals surface area contributed by atoms with Crippen molar-refractivity contribution < 1.29 is 13.9 Å². The van der Waals surface area contributed by atoms with Gasteiger partial charge in [0, 0.05) is 12.1 Å². The van der Waals surface area contributed by atoms with Crippen LogP contribution in [-0.4, -0.2) is 19.1 Å². The van der Waals surface area contributed by atoms with E-state index in [1.54, 1.807) is 13.0 Å². The summed E-state index contributed by atoms with van der Waals surface area (Å²) in [7, 11) is 0. The smallest absolute Gasteiger partial charge is 0.251 e. The van der Waals surface area contributed by atoms with Gasteiger partial charge in [-0.3, -0.25) is 4.79 Å². The molecule has 0 aliphatic heterocycles. The van der Waals surface area contributed by atoms with E-state index in [-0.39, 0.29) is 11.7 Å². The molecule has 0 aliphatic rings. The van der Waals surface area contributed by atoms with Gasteiger partial charge in [-0.15, -0.1) is 0 Å². The molecule has 3 nitrogen and oxygen atoms in total. The highest BCUT2D eigenvalue weighted by molar-refractivity contribution is 5.94. The Morgan fingerprint density at radius 1 is 1.44 bits per heavy atom. The predicted octanol–water partition coefficient (Wildman–Crippen LogP) is 3.00. The molecule has 0 fully saturated rings. The van der Waals surface area contributed by atoms with Gasteiger partial charge in [0.2, 0.25) is 0 Å². The average molecular weight is 253 g/mol. The predicted molar refractivity (Wildman–Crippen MR) is 69.4 cm³/mol. The van der Waals surface area contributed by atoms with E-state index in [1.807, 2.05) is 0 Å². The number of hydrogen-bond donors (Lipinski definition) is 1. The number of carbonyl (C=O) groups is 1. The van der Waals surface area contributed by atoms with E-state index >= 15 is 0 Å². The van der Waals surface area contributed by atoms with Gasteiger partial charge in [0.15, 0.2) is 11.6 Å². The zero-order valence-electron chi connectivity index (χ0n) is 11.1. The van der Waals surface area contributed by atoms with Gasteiger partial charge < -0.3 is 10.1 Å². The molecule has 1 N–H and O–H groups in total. The Morgan fingerprint density at radius 2 is 2.17 bits per heavy atom. The zero-order chi connectivity index (χ0) is 13.5. The summed E-state index contributed by atoms with van der Waals surface area (Å²) < 4.78 is 18.6. The molecule has 1 amide bonds. The molecule has 18 heavy (non-hydrogen) atoms. The van der Waals surface area contributed by atoms with Gasteiger partial charge >= 0.3 is 0 Å². The number of rotatable bonds is 6. The van der Waals surface area contributed by atoms with Crippen molar-refractivity contribution in [2.24, 2.45) is 5.92 Å². The van der Waals surface area contributed by atoms with E-state index in [1.165, 1.54) is 12.1 Å². The Morgan fingerprint density at radius 3 is 2.72 bits per heavy atom. The van der Waals surface area contributed by atoms with Crippen molar-refractivity contribution in [2.45, 2.75) is 27.2 Å². The molecule has 4 heteroatoms. The van der Waals surface area contributed by atoms with Crippen LogP contribution in [0.15, 0.2) is 18.2 Å². The van der Waals surface area contributed by atoms with Gasteiger partial charge in [-0.05, 0) is 37.5 Å². The lowest BCUT2D eigenvalue weighted by Crippen LogP contribution is -2.25. The quantitative estimate of drug-likeness (QED) is 0.846. The van der Waals surface area contributed by atoms with E-state index in [0.717, 1.165) is 6.42 Å². The maximum atomic E-state index is 13.5. The highest BCUT2D eigenvalue weighted by atomic mass is 19.1. The van der Waals surface area contributed by atoms with Crippen molar-refractivity contribution in [3.8, 4) is 5.75 Å². The highest BCUT2D eigenvalue weighted by Gasteiger charge is 2.10. The molecular weight excluding hydrogens is 233 g/mol. The van der Waals surface area contributed by atoms with E-state index < -0.39 is 5.82 Å². The minimum atomic E-state index is -0.506. The number of nitrogens with one attached hydrogen (secondary N) is 1. The van der Waals surface area contributed by atoms with Crippen molar-refractivity contribution >= 4 is 5.91 Å². The maximum Gasteiger partial charge on any atom is 0.251 e. The van der Waals surface area contributed by atoms with Crippen LogP contribution in [0.25, 0.3) is 0 Å². The normalized spacial score (nSPS) is 10.5. The first-order valence-corrected chi connectivity index (χ1v) is 6.25. The average Bonchev–Trinajstić information content (AvgIpc) is 2.31. The summed E-state index contributed by atoms with van der Waals surface area (Å²) in [6.45, 7) is 6.96. The van der Waals surface area contributed by atoms with Crippen LogP contribution in [-0.2, 0) is 0 Å². The Balaban J connectivity index is 2.61. The van der Waals surface area contributed by atoms with Gasteiger partial charge in [-0.1, -0.05) is 13.8 Å². The van der Waals surface area contributed by atoms with Gasteiger partial charge in [-0.25, -0.2) is 4.39 Å². The second-order valence-corrected chi connectivity index (χ2v) is 4.52. The van der Waals surface area contributed by atoms with E-state index in [0.29, 0.717) is 24.6 Å². The Kier molecular flexibility index (Phi) is 5.62. The van der Waals surface area contributed by atoms with E-state index in [2.05, 4.69) is 19.2 Å². The van der Waals surface area contributed by atoms with Gasteiger partial charge in [0.1, 0.15) is 0 Å². The number of carbonyl (C=O) groups excluding carboxylic acids is 1. The molecule has 0 bridgehead atoms. The van der Waals surface area contributed by atoms with Crippen LogP contribution in [0.5, 0.6) is 5.75 Å². The maximum absolute atomic E-state index is 13.5. The molecule has 0 radical (unpaired) electrons. The van der Waals surface area contributed by atoms with Crippen LogP contribution in [0.3, 0.4) is 0 Å². The summed E-state index contributed by atoms with van der Waals surface area (Å²) in [5.74, 6) is -0.0513. The lowest BCUT2D eigenvalue weighted by atomic mass is 10.1. The minimum absolute atomic E-state index is 0.177. The van der Waals surface area contributed by atoms with Crippen molar-refractivity contribution in [1.29, 1.82) is 0 Å². The molecule has 100 valence electrons. The van der Waals surface area contributed by atoms with Crippen LogP contribution in [0, 0.1) is 11.7 Å². The fraction of sp³-hybridized carbons (Fsp3) is 0.500.